The SMILES string of the molecule is CCCNC1CCCCC1c1csc(C)c1. The van der Waals surface area contributed by atoms with Gasteiger partial charge in [0, 0.05) is 16.8 Å². The van der Waals surface area contributed by atoms with Crippen molar-refractivity contribution < 1.29 is 0 Å². The van der Waals surface area contributed by atoms with Crippen LogP contribution in [-0.2, 0) is 0 Å². The fourth-order valence-electron chi connectivity index (χ4n) is 2.76. The Morgan fingerprint density at radius 1 is 1.38 bits per heavy atom. The Bertz CT molecular complexity index is 318. The van der Waals surface area contributed by atoms with E-state index in [4.69, 9.17) is 0 Å². The quantitative estimate of drug-likeness (QED) is 0.832. The Morgan fingerprint density at radius 3 is 2.88 bits per heavy atom. The topological polar surface area (TPSA) is 12.0 Å². The molecule has 0 aliphatic heterocycles. The molecule has 2 heteroatoms. The van der Waals surface area contributed by atoms with E-state index in [9.17, 15) is 0 Å². The smallest absolute Gasteiger partial charge is 0.0136 e. The van der Waals surface area contributed by atoms with Crippen LogP contribution >= 0.6 is 11.3 Å². The molecule has 1 aromatic heterocycles. The minimum absolute atomic E-state index is 0.725. The molecule has 0 aromatic carbocycles. The second-order valence-corrected chi connectivity index (χ2v) is 6.06. The van der Waals surface area contributed by atoms with Crippen LogP contribution in [0.4, 0.5) is 0 Å². The molecule has 1 N–H and O–H groups in total. The maximum atomic E-state index is 3.73. The summed E-state index contributed by atoms with van der Waals surface area (Å²) < 4.78 is 0. The number of hydrogen-bond acceptors (Lipinski definition) is 2. The van der Waals surface area contributed by atoms with E-state index >= 15 is 0 Å². The predicted molar refractivity (Wildman–Crippen MR) is 72.3 cm³/mol. The van der Waals surface area contributed by atoms with Crippen molar-refractivity contribution in [1.82, 2.24) is 5.32 Å². The largest absolute Gasteiger partial charge is 0.313 e. The molecule has 1 saturated carbocycles. The van der Waals surface area contributed by atoms with Gasteiger partial charge in [-0.05, 0) is 49.7 Å². The molecule has 16 heavy (non-hydrogen) atoms. The third-order valence-corrected chi connectivity index (χ3v) is 4.48. The van der Waals surface area contributed by atoms with Crippen molar-refractivity contribution in [3.63, 3.8) is 0 Å². The lowest BCUT2D eigenvalue weighted by Crippen LogP contribution is -2.37. The molecule has 1 aromatic rings. The van der Waals surface area contributed by atoms with Crippen LogP contribution < -0.4 is 5.32 Å². The van der Waals surface area contributed by atoms with Crippen LogP contribution in [0.25, 0.3) is 0 Å². The predicted octanol–water partition coefficient (Wildman–Crippen LogP) is 4.08. The highest BCUT2D eigenvalue weighted by Crippen LogP contribution is 2.35. The molecule has 2 unspecified atom stereocenters. The van der Waals surface area contributed by atoms with E-state index in [1.165, 1.54) is 43.5 Å². The molecular formula is C14H23NS. The maximum Gasteiger partial charge on any atom is 0.0136 e. The summed E-state index contributed by atoms with van der Waals surface area (Å²) in [5.74, 6) is 0.769. The van der Waals surface area contributed by atoms with Crippen LogP contribution in [-0.4, -0.2) is 12.6 Å². The molecule has 0 radical (unpaired) electrons. The van der Waals surface area contributed by atoms with Crippen molar-refractivity contribution in [2.24, 2.45) is 0 Å². The molecule has 2 atom stereocenters. The van der Waals surface area contributed by atoms with E-state index in [1.807, 2.05) is 11.3 Å². The first-order chi connectivity index (χ1) is 7.81. The van der Waals surface area contributed by atoms with E-state index in [-0.39, 0.29) is 0 Å². The number of aryl methyl sites for hydroxylation is 1. The summed E-state index contributed by atoms with van der Waals surface area (Å²) in [6, 6.07) is 3.11. The molecular weight excluding hydrogens is 214 g/mol. The Hall–Kier alpha value is -0.340. The first kappa shape index (κ1) is 12.1. The van der Waals surface area contributed by atoms with Crippen LogP contribution in [0.1, 0.15) is 55.4 Å². The average molecular weight is 237 g/mol. The summed E-state index contributed by atoms with van der Waals surface area (Å²) in [6.07, 6.45) is 6.79. The second-order valence-electron chi connectivity index (χ2n) is 4.94. The monoisotopic (exact) mass is 237 g/mol. The molecule has 0 amide bonds. The molecule has 1 heterocycles. The lowest BCUT2D eigenvalue weighted by Gasteiger charge is -2.32. The first-order valence-electron chi connectivity index (χ1n) is 6.59. The summed E-state index contributed by atoms with van der Waals surface area (Å²) in [4.78, 5) is 1.45. The number of hydrogen-bond donors (Lipinski definition) is 1. The van der Waals surface area contributed by atoms with Crippen molar-refractivity contribution >= 4 is 11.3 Å². The van der Waals surface area contributed by atoms with Crippen molar-refractivity contribution in [2.45, 2.75) is 57.9 Å². The highest BCUT2D eigenvalue weighted by molar-refractivity contribution is 7.10. The number of rotatable bonds is 4. The van der Waals surface area contributed by atoms with Gasteiger partial charge in [0.05, 0.1) is 0 Å². The summed E-state index contributed by atoms with van der Waals surface area (Å²) in [7, 11) is 0. The van der Waals surface area contributed by atoms with Gasteiger partial charge >= 0.3 is 0 Å². The van der Waals surface area contributed by atoms with Crippen molar-refractivity contribution in [1.29, 1.82) is 0 Å². The summed E-state index contributed by atoms with van der Waals surface area (Å²) in [5, 5.41) is 6.10. The van der Waals surface area contributed by atoms with E-state index in [0.717, 1.165) is 12.0 Å². The van der Waals surface area contributed by atoms with Gasteiger partial charge in [-0.3, -0.25) is 0 Å². The Kier molecular flexibility index (Phi) is 4.42. The molecule has 1 aliphatic carbocycles. The fourth-order valence-corrected chi connectivity index (χ4v) is 3.53. The molecule has 1 nitrogen and oxygen atoms in total. The van der Waals surface area contributed by atoms with E-state index < -0.39 is 0 Å². The fraction of sp³-hybridized carbons (Fsp3) is 0.714. The third-order valence-electron chi connectivity index (χ3n) is 3.60. The van der Waals surface area contributed by atoms with E-state index in [2.05, 4.69) is 30.6 Å². The van der Waals surface area contributed by atoms with Crippen molar-refractivity contribution in [3.8, 4) is 0 Å². The molecule has 0 bridgehead atoms. The van der Waals surface area contributed by atoms with Crippen LogP contribution in [0, 0.1) is 6.92 Å². The zero-order valence-corrected chi connectivity index (χ0v) is 11.3. The van der Waals surface area contributed by atoms with Gasteiger partial charge in [0.1, 0.15) is 0 Å². The van der Waals surface area contributed by atoms with Crippen LogP contribution in [0.15, 0.2) is 11.4 Å². The third kappa shape index (κ3) is 2.86. The maximum absolute atomic E-state index is 3.73. The second kappa shape index (κ2) is 5.83. The first-order valence-corrected chi connectivity index (χ1v) is 7.47. The normalized spacial score (nSPS) is 25.9. The summed E-state index contributed by atoms with van der Waals surface area (Å²) in [5.41, 5.74) is 1.58. The van der Waals surface area contributed by atoms with Gasteiger partial charge in [0.2, 0.25) is 0 Å². The van der Waals surface area contributed by atoms with E-state index in [0.29, 0.717) is 0 Å². The Balaban J connectivity index is 2.04. The van der Waals surface area contributed by atoms with Crippen LogP contribution in [0.5, 0.6) is 0 Å². The van der Waals surface area contributed by atoms with E-state index in [1.54, 1.807) is 5.56 Å². The lowest BCUT2D eigenvalue weighted by molar-refractivity contribution is 0.328. The molecule has 90 valence electrons. The average Bonchev–Trinajstić information content (AvgIpc) is 2.73. The summed E-state index contributed by atoms with van der Waals surface area (Å²) in [6.45, 7) is 5.63. The van der Waals surface area contributed by atoms with Gasteiger partial charge in [-0.25, -0.2) is 0 Å². The van der Waals surface area contributed by atoms with Crippen LogP contribution in [0.2, 0.25) is 0 Å². The van der Waals surface area contributed by atoms with Gasteiger partial charge < -0.3 is 5.32 Å². The molecule has 0 saturated heterocycles. The van der Waals surface area contributed by atoms with Crippen molar-refractivity contribution in [2.75, 3.05) is 6.54 Å². The minimum atomic E-state index is 0.725. The van der Waals surface area contributed by atoms with Gasteiger partial charge in [0.25, 0.3) is 0 Å². The van der Waals surface area contributed by atoms with Gasteiger partial charge in [0.15, 0.2) is 0 Å². The lowest BCUT2D eigenvalue weighted by atomic mass is 9.81. The number of nitrogens with one attached hydrogen (secondary N) is 1. The minimum Gasteiger partial charge on any atom is -0.313 e. The zero-order chi connectivity index (χ0) is 11.4. The molecule has 2 rings (SSSR count). The Labute approximate surface area is 103 Å². The standard InChI is InChI=1S/C14H23NS/c1-3-8-15-14-7-5-4-6-13(14)12-9-11(2)16-10-12/h9-10,13-15H,3-8H2,1-2H3. The highest BCUT2D eigenvalue weighted by atomic mass is 32.1. The molecule has 1 fully saturated rings. The van der Waals surface area contributed by atoms with Crippen LogP contribution in [0.3, 0.4) is 0 Å². The summed E-state index contributed by atoms with van der Waals surface area (Å²) >= 11 is 1.90. The Morgan fingerprint density at radius 2 is 2.19 bits per heavy atom. The highest BCUT2D eigenvalue weighted by Gasteiger charge is 2.26. The molecule has 1 aliphatic rings. The van der Waals surface area contributed by atoms with Crippen molar-refractivity contribution in [3.05, 3.63) is 21.9 Å². The number of thiophene rings is 1. The molecule has 0 spiro atoms. The van der Waals surface area contributed by atoms with Gasteiger partial charge in [-0.1, -0.05) is 19.8 Å². The van der Waals surface area contributed by atoms with Gasteiger partial charge in [-0.2, -0.15) is 0 Å². The van der Waals surface area contributed by atoms with Gasteiger partial charge in [-0.15, -0.1) is 11.3 Å². The zero-order valence-electron chi connectivity index (χ0n) is 10.5.